The number of carbonyl (C=O) groups is 1. The maximum atomic E-state index is 12.2. The molecule has 0 radical (unpaired) electrons. The summed E-state index contributed by atoms with van der Waals surface area (Å²) in [6, 6.07) is 1.64. The van der Waals surface area contributed by atoms with E-state index in [1.807, 2.05) is 11.8 Å². The van der Waals surface area contributed by atoms with Gasteiger partial charge in [0.05, 0.1) is 16.7 Å². The Kier molecular flexibility index (Phi) is 4.55. The standard InChI is InChI=1S/C13H17ClN2O2/c1-2-18-10-4-7-16(8-5-10)13(17)11-9-15-6-3-12(11)14/h3,6,9-10H,2,4-5,7-8H2,1H3. The lowest BCUT2D eigenvalue weighted by atomic mass is 10.1. The molecule has 1 aromatic rings. The molecule has 1 aromatic heterocycles. The van der Waals surface area contributed by atoms with Gasteiger partial charge in [-0.05, 0) is 25.8 Å². The highest BCUT2D eigenvalue weighted by Gasteiger charge is 2.24. The van der Waals surface area contributed by atoms with Crippen molar-refractivity contribution in [2.24, 2.45) is 0 Å². The van der Waals surface area contributed by atoms with Crippen LogP contribution in [0, 0.1) is 0 Å². The number of hydrogen-bond acceptors (Lipinski definition) is 3. The van der Waals surface area contributed by atoms with Gasteiger partial charge in [0.15, 0.2) is 0 Å². The zero-order valence-corrected chi connectivity index (χ0v) is 11.2. The van der Waals surface area contributed by atoms with E-state index in [0.29, 0.717) is 23.7 Å². The fraction of sp³-hybridized carbons (Fsp3) is 0.538. The van der Waals surface area contributed by atoms with Gasteiger partial charge in [-0.3, -0.25) is 9.78 Å². The zero-order chi connectivity index (χ0) is 13.0. The number of halogens is 1. The van der Waals surface area contributed by atoms with Crippen LogP contribution in [0.3, 0.4) is 0 Å². The van der Waals surface area contributed by atoms with Gasteiger partial charge >= 0.3 is 0 Å². The monoisotopic (exact) mass is 268 g/mol. The lowest BCUT2D eigenvalue weighted by molar-refractivity contribution is 0.0146. The SMILES string of the molecule is CCOC1CCN(C(=O)c2cnccc2Cl)CC1. The second-order valence-corrected chi connectivity index (χ2v) is 4.71. The van der Waals surface area contributed by atoms with Crippen LogP contribution in [0.25, 0.3) is 0 Å². The molecule has 1 fully saturated rings. The molecule has 0 aliphatic carbocycles. The normalized spacial score (nSPS) is 16.9. The van der Waals surface area contributed by atoms with E-state index >= 15 is 0 Å². The van der Waals surface area contributed by atoms with E-state index in [1.54, 1.807) is 12.3 Å². The van der Waals surface area contributed by atoms with Crippen LogP contribution < -0.4 is 0 Å². The van der Waals surface area contributed by atoms with Gasteiger partial charge in [0.1, 0.15) is 0 Å². The van der Waals surface area contributed by atoms with Gasteiger partial charge in [0, 0.05) is 32.1 Å². The van der Waals surface area contributed by atoms with Crippen molar-refractivity contribution >= 4 is 17.5 Å². The Balaban J connectivity index is 1.98. The largest absolute Gasteiger partial charge is 0.378 e. The van der Waals surface area contributed by atoms with Gasteiger partial charge in [0.2, 0.25) is 0 Å². The molecule has 1 aliphatic heterocycles. The fourth-order valence-electron chi connectivity index (χ4n) is 2.17. The first-order valence-electron chi connectivity index (χ1n) is 6.22. The lowest BCUT2D eigenvalue weighted by Gasteiger charge is -2.31. The van der Waals surface area contributed by atoms with E-state index < -0.39 is 0 Å². The van der Waals surface area contributed by atoms with E-state index in [2.05, 4.69) is 4.98 Å². The third-order valence-corrected chi connectivity index (χ3v) is 3.46. The second-order valence-electron chi connectivity index (χ2n) is 4.30. The molecular formula is C13H17ClN2O2. The van der Waals surface area contributed by atoms with Crippen LogP contribution in [0.2, 0.25) is 5.02 Å². The zero-order valence-electron chi connectivity index (χ0n) is 10.4. The van der Waals surface area contributed by atoms with Crippen LogP contribution in [0.1, 0.15) is 30.1 Å². The van der Waals surface area contributed by atoms with E-state index in [9.17, 15) is 4.79 Å². The van der Waals surface area contributed by atoms with Crippen molar-refractivity contribution in [1.82, 2.24) is 9.88 Å². The van der Waals surface area contributed by atoms with Crippen LogP contribution in [0.15, 0.2) is 18.5 Å². The Morgan fingerprint density at radius 3 is 2.89 bits per heavy atom. The molecule has 18 heavy (non-hydrogen) atoms. The summed E-state index contributed by atoms with van der Waals surface area (Å²) >= 11 is 6.00. The first-order chi connectivity index (χ1) is 8.72. The number of pyridine rings is 1. The van der Waals surface area contributed by atoms with E-state index in [-0.39, 0.29) is 12.0 Å². The topological polar surface area (TPSA) is 42.4 Å². The van der Waals surface area contributed by atoms with Crippen molar-refractivity contribution in [1.29, 1.82) is 0 Å². The Bertz CT molecular complexity index is 417. The summed E-state index contributed by atoms with van der Waals surface area (Å²) in [7, 11) is 0. The molecule has 98 valence electrons. The molecule has 0 saturated carbocycles. The van der Waals surface area contributed by atoms with Gasteiger partial charge in [-0.15, -0.1) is 0 Å². The summed E-state index contributed by atoms with van der Waals surface area (Å²) < 4.78 is 5.56. The molecule has 0 unspecified atom stereocenters. The van der Waals surface area contributed by atoms with E-state index in [1.165, 1.54) is 6.20 Å². The molecule has 4 nitrogen and oxygen atoms in total. The predicted octanol–water partition coefficient (Wildman–Crippen LogP) is 2.38. The maximum Gasteiger partial charge on any atom is 0.256 e. The first-order valence-corrected chi connectivity index (χ1v) is 6.60. The number of aromatic nitrogens is 1. The van der Waals surface area contributed by atoms with Crippen molar-refractivity contribution in [3.05, 3.63) is 29.0 Å². The van der Waals surface area contributed by atoms with Crippen LogP contribution in [0.5, 0.6) is 0 Å². The highest BCUT2D eigenvalue weighted by Crippen LogP contribution is 2.20. The van der Waals surface area contributed by atoms with Crippen LogP contribution in [-0.4, -0.2) is 41.6 Å². The van der Waals surface area contributed by atoms with E-state index in [0.717, 1.165) is 19.4 Å². The number of likely N-dealkylation sites (tertiary alicyclic amines) is 1. The Morgan fingerprint density at radius 2 is 2.28 bits per heavy atom. The predicted molar refractivity (Wildman–Crippen MR) is 69.8 cm³/mol. The van der Waals surface area contributed by atoms with Crippen LogP contribution >= 0.6 is 11.6 Å². The minimum atomic E-state index is -0.0388. The van der Waals surface area contributed by atoms with Crippen LogP contribution in [-0.2, 0) is 4.74 Å². The number of hydrogen-bond donors (Lipinski definition) is 0. The summed E-state index contributed by atoms with van der Waals surface area (Å²) in [5.74, 6) is -0.0388. The first kappa shape index (κ1) is 13.3. The lowest BCUT2D eigenvalue weighted by Crippen LogP contribution is -2.41. The smallest absolute Gasteiger partial charge is 0.256 e. The number of piperidine rings is 1. The molecular weight excluding hydrogens is 252 g/mol. The van der Waals surface area contributed by atoms with Gasteiger partial charge in [-0.2, -0.15) is 0 Å². The van der Waals surface area contributed by atoms with Crippen molar-refractivity contribution in [2.75, 3.05) is 19.7 Å². The van der Waals surface area contributed by atoms with E-state index in [4.69, 9.17) is 16.3 Å². The van der Waals surface area contributed by atoms with Crippen molar-refractivity contribution in [2.45, 2.75) is 25.9 Å². The molecule has 0 bridgehead atoms. The summed E-state index contributed by atoms with van der Waals surface area (Å²) in [6.07, 6.45) is 5.16. The molecule has 1 amide bonds. The van der Waals surface area contributed by atoms with Gasteiger partial charge in [-0.1, -0.05) is 11.6 Å². The quantitative estimate of drug-likeness (QED) is 0.845. The Hall–Kier alpha value is -1.13. The van der Waals surface area contributed by atoms with Crippen molar-refractivity contribution in [3.63, 3.8) is 0 Å². The van der Waals surface area contributed by atoms with Crippen LogP contribution in [0.4, 0.5) is 0 Å². The molecule has 2 rings (SSSR count). The third kappa shape index (κ3) is 3.00. The van der Waals surface area contributed by atoms with Crippen molar-refractivity contribution < 1.29 is 9.53 Å². The third-order valence-electron chi connectivity index (χ3n) is 3.13. The highest BCUT2D eigenvalue weighted by atomic mass is 35.5. The molecule has 0 spiro atoms. The molecule has 0 aromatic carbocycles. The summed E-state index contributed by atoms with van der Waals surface area (Å²) in [4.78, 5) is 18.0. The number of rotatable bonds is 3. The summed E-state index contributed by atoms with van der Waals surface area (Å²) in [5, 5.41) is 0.460. The molecule has 0 N–H and O–H groups in total. The number of amides is 1. The Morgan fingerprint density at radius 1 is 1.56 bits per heavy atom. The average Bonchev–Trinajstić information content (AvgIpc) is 2.40. The van der Waals surface area contributed by atoms with Gasteiger partial charge in [0.25, 0.3) is 5.91 Å². The fourth-order valence-corrected chi connectivity index (χ4v) is 2.35. The summed E-state index contributed by atoms with van der Waals surface area (Å²) in [5.41, 5.74) is 0.481. The van der Waals surface area contributed by atoms with Gasteiger partial charge < -0.3 is 9.64 Å². The molecule has 2 heterocycles. The highest BCUT2D eigenvalue weighted by molar-refractivity contribution is 6.33. The second kappa shape index (κ2) is 6.16. The minimum Gasteiger partial charge on any atom is -0.378 e. The Labute approximate surface area is 112 Å². The number of ether oxygens (including phenoxy) is 1. The maximum absolute atomic E-state index is 12.2. The number of carbonyl (C=O) groups excluding carboxylic acids is 1. The molecule has 5 heteroatoms. The molecule has 1 aliphatic rings. The minimum absolute atomic E-state index is 0.0388. The van der Waals surface area contributed by atoms with Crippen molar-refractivity contribution in [3.8, 4) is 0 Å². The average molecular weight is 269 g/mol. The number of nitrogens with zero attached hydrogens (tertiary/aromatic N) is 2. The summed E-state index contributed by atoms with van der Waals surface area (Å²) in [6.45, 7) is 4.16. The molecule has 0 atom stereocenters. The van der Waals surface area contributed by atoms with Gasteiger partial charge in [-0.25, -0.2) is 0 Å². The molecule has 1 saturated heterocycles.